The van der Waals surface area contributed by atoms with E-state index in [2.05, 4.69) is 15.6 Å². The maximum atomic E-state index is 11.3. The van der Waals surface area contributed by atoms with E-state index in [-0.39, 0.29) is 5.91 Å². The largest absolute Gasteiger partial charge is 0.396 e. The first-order chi connectivity index (χ1) is 8.49. The molecule has 0 fully saturated rings. The summed E-state index contributed by atoms with van der Waals surface area (Å²) in [6, 6.07) is 1.86. The van der Waals surface area contributed by atoms with Crippen LogP contribution < -0.4 is 16.4 Å². The van der Waals surface area contributed by atoms with Crippen LogP contribution in [0.15, 0.2) is 23.9 Å². The van der Waals surface area contributed by atoms with E-state index in [1.807, 2.05) is 26.8 Å². The monoisotopic (exact) mass is 248 g/mol. The van der Waals surface area contributed by atoms with Crippen molar-refractivity contribution in [1.82, 2.24) is 10.3 Å². The van der Waals surface area contributed by atoms with Gasteiger partial charge in [-0.1, -0.05) is 5.57 Å². The minimum atomic E-state index is -0.0818. The number of carbonyl (C=O) groups is 1. The predicted molar refractivity (Wildman–Crippen MR) is 74.3 cm³/mol. The Morgan fingerprint density at radius 2 is 2.17 bits per heavy atom. The average Bonchev–Trinajstić information content (AvgIpc) is 2.25. The van der Waals surface area contributed by atoms with Crippen LogP contribution in [0.3, 0.4) is 0 Å². The number of nitrogens with one attached hydrogen (secondary N) is 2. The molecular formula is C13H20N4O. The molecule has 1 rings (SSSR count). The van der Waals surface area contributed by atoms with Gasteiger partial charge in [0.05, 0.1) is 5.69 Å². The van der Waals surface area contributed by atoms with Crippen LogP contribution in [-0.4, -0.2) is 24.0 Å². The maximum Gasteiger partial charge on any atom is 0.243 e. The van der Waals surface area contributed by atoms with Crippen LogP contribution in [0.2, 0.25) is 0 Å². The van der Waals surface area contributed by atoms with Gasteiger partial charge in [-0.05, 0) is 32.4 Å². The second-order valence-electron chi connectivity index (χ2n) is 4.39. The number of hydrogen-bond acceptors (Lipinski definition) is 4. The van der Waals surface area contributed by atoms with Crippen molar-refractivity contribution in [2.45, 2.75) is 20.8 Å². The van der Waals surface area contributed by atoms with Crippen molar-refractivity contribution in [2.24, 2.45) is 0 Å². The second-order valence-corrected chi connectivity index (χ2v) is 4.39. The molecule has 4 N–H and O–H groups in total. The lowest BCUT2D eigenvalue weighted by molar-refractivity contribution is -0.116. The summed E-state index contributed by atoms with van der Waals surface area (Å²) in [5.41, 5.74) is 8.42. The first-order valence-electron chi connectivity index (χ1n) is 5.88. The Morgan fingerprint density at radius 1 is 1.44 bits per heavy atom. The molecule has 0 aliphatic heterocycles. The number of carbonyl (C=O) groups excluding carboxylic acids is 1. The molecule has 0 radical (unpaired) electrons. The van der Waals surface area contributed by atoms with Crippen molar-refractivity contribution in [1.29, 1.82) is 0 Å². The zero-order chi connectivity index (χ0) is 13.5. The van der Waals surface area contributed by atoms with Crippen molar-refractivity contribution >= 4 is 17.4 Å². The Balaban J connectivity index is 2.34. The number of pyridine rings is 1. The molecule has 0 saturated heterocycles. The Labute approximate surface area is 107 Å². The maximum absolute atomic E-state index is 11.3. The van der Waals surface area contributed by atoms with Gasteiger partial charge < -0.3 is 16.4 Å². The van der Waals surface area contributed by atoms with E-state index < -0.39 is 0 Å². The zero-order valence-corrected chi connectivity index (χ0v) is 11.1. The zero-order valence-electron chi connectivity index (χ0n) is 11.1. The number of nitrogens with zero attached hydrogens (tertiary/aromatic N) is 1. The number of anilines is 2. The van der Waals surface area contributed by atoms with E-state index in [4.69, 9.17) is 5.73 Å². The molecule has 0 aliphatic rings. The number of nitrogens with two attached hydrogens (primary N) is 1. The fourth-order valence-corrected chi connectivity index (χ4v) is 1.42. The molecule has 0 spiro atoms. The molecule has 5 nitrogen and oxygen atoms in total. The van der Waals surface area contributed by atoms with Gasteiger partial charge in [0.1, 0.15) is 5.82 Å². The summed E-state index contributed by atoms with van der Waals surface area (Å²) >= 11 is 0. The summed E-state index contributed by atoms with van der Waals surface area (Å²) in [5.74, 6) is 0.568. The van der Waals surface area contributed by atoms with Gasteiger partial charge in [-0.15, -0.1) is 0 Å². The standard InChI is InChI=1S/C13H20N4O/c1-9(2)6-12(18)15-4-5-16-13-11(14)7-10(3)8-17-13/h6-8H,4-5,14H2,1-3H3,(H,15,18)(H,16,17). The molecule has 18 heavy (non-hydrogen) atoms. The van der Waals surface area contributed by atoms with E-state index >= 15 is 0 Å². The molecule has 0 aromatic carbocycles. The van der Waals surface area contributed by atoms with Gasteiger partial charge in [-0.3, -0.25) is 4.79 Å². The molecular weight excluding hydrogens is 228 g/mol. The summed E-state index contributed by atoms with van der Waals surface area (Å²) < 4.78 is 0. The molecule has 0 bridgehead atoms. The van der Waals surface area contributed by atoms with Crippen molar-refractivity contribution in [3.05, 3.63) is 29.5 Å². The van der Waals surface area contributed by atoms with E-state index in [9.17, 15) is 4.79 Å². The van der Waals surface area contributed by atoms with Crippen molar-refractivity contribution in [3.63, 3.8) is 0 Å². The number of nitrogen functional groups attached to an aromatic ring is 1. The first-order valence-corrected chi connectivity index (χ1v) is 5.88. The quantitative estimate of drug-likeness (QED) is 0.544. The normalized spacial score (nSPS) is 9.72. The number of hydrogen-bond donors (Lipinski definition) is 3. The minimum absolute atomic E-state index is 0.0818. The lowest BCUT2D eigenvalue weighted by Crippen LogP contribution is -2.27. The van der Waals surface area contributed by atoms with Crippen LogP contribution in [0.1, 0.15) is 19.4 Å². The molecule has 0 atom stereocenters. The molecule has 1 aromatic rings. The highest BCUT2D eigenvalue weighted by molar-refractivity contribution is 5.88. The third-order valence-electron chi connectivity index (χ3n) is 2.19. The fraction of sp³-hybridized carbons (Fsp3) is 0.385. The summed E-state index contributed by atoms with van der Waals surface area (Å²) in [6.45, 7) is 6.82. The molecule has 1 heterocycles. The predicted octanol–water partition coefficient (Wildman–Crippen LogP) is 1.47. The van der Waals surface area contributed by atoms with Gasteiger partial charge in [0.15, 0.2) is 0 Å². The van der Waals surface area contributed by atoms with E-state index in [1.165, 1.54) is 0 Å². The second kappa shape index (κ2) is 6.64. The van der Waals surface area contributed by atoms with Crippen LogP contribution in [0.5, 0.6) is 0 Å². The van der Waals surface area contributed by atoms with Gasteiger partial charge in [0, 0.05) is 25.4 Å². The SMILES string of the molecule is CC(C)=CC(=O)NCCNc1ncc(C)cc1N. The number of rotatable bonds is 5. The average molecular weight is 248 g/mol. The summed E-state index contributed by atoms with van der Waals surface area (Å²) in [5, 5.41) is 5.85. The first kappa shape index (κ1) is 14.0. The third-order valence-corrected chi connectivity index (χ3v) is 2.19. The fourth-order valence-electron chi connectivity index (χ4n) is 1.42. The van der Waals surface area contributed by atoms with Gasteiger partial charge in [0.25, 0.3) is 0 Å². The van der Waals surface area contributed by atoms with Crippen LogP contribution >= 0.6 is 0 Å². The molecule has 98 valence electrons. The lowest BCUT2D eigenvalue weighted by atomic mass is 10.3. The van der Waals surface area contributed by atoms with E-state index in [0.29, 0.717) is 24.6 Å². The van der Waals surface area contributed by atoms with Crippen molar-refractivity contribution in [2.75, 3.05) is 24.1 Å². The van der Waals surface area contributed by atoms with Gasteiger partial charge in [0.2, 0.25) is 5.91 Å². The van der Waals surface area contributed by atoms with Crippen LogP contribution in [0.4, 0.5) is 11.5 Å². The topological polar surface area (TPSA) is 80.0 Å². The Bertz CT molecular complexity index is 450. The lowest BCUT2D eigenvalue weighted by Gasteiger charge is -2.09. The van der Waals surface area contributed by atoms with Gasteiger partial charge in [-0.2, -0.15) is 0 Å². The molecule has 0 aliphatic carbocycles. The summed E-state index contributed by atoms with van der Waals surface area (Å²) in [7, 11) is 0. The third kappa shape index (κ3) is 4.86. The number of amides is 1. The Hall–Kier alpha value is -2.04. The van der Waals surface area contributed by atoms with Crippen LogP contribution in [-0.2, 0) is 4.79 Å². The van der Waals surface area contributed by atoms with Crippen LogP contribution in [0, 0.1) is 6.92 Å². The number of aryl methyl sites for hydroxylation is 1. The number of aromatic nitrogens is 1. The molecule has 0 unspecified atom stereocenters. The Kier molecular flexibility index (Phi) is 5.17. The smallest absolute Gasteiger partial charge is 0.243 e. The molecule has 0 saturated carbocycles. The molecule has 1 aromatic heterocycles. The van der Waals surface area contributed by atoms with E-state index in [1.54, 1.807) is 12.3 Å². The van der Waals surface area contributed by atoms with Gasteiger partial charge in [-0.25, -0.2) is 4.98 Å². The minimum Gasteiger partial charge on any atom is -0.396 e. The highest BCUT2D eigenvalue weighted by atomic mass is 16.1. The van der Waals surface area contributed by atoms with E-state index in [0.717, 1.165) is 11.1 Å². The summed E-state index contributed by atoms with van der Waals surface area (Å²) in [4.78, 5) is 15.5. The van der Waals surface area contributed by atoms with Gasteiger partial charge >= 0.3 is 0 Å². The summed E-state index contributed by atoms with van der Waals surface area (Å²) in [6.07, 6.45) is 3.32. The number of allylic oxidation sites excluding steroid dienone is 1. The molecule has 5 heteroatoms. The van der Waals surface area contributed by atoms with Crippen LogP contribution in [0.25, 0.3) is 0 Å². The molecule has 1 amide bonds. The van der Waals surface area contributed by atoms with Crippen molar-refractivity contribution in [3.8, 4) is 0 Å². The van der Waals surface area contributed by atoms with Crippen molar-refractivity contribution < 1.29 is 4.79 Å². The Morgan fingerprint density at radius 3 is 2.78 bits per heavy atom. The highest BCUT2D eigenvalue weighted by Gasteiger charge is 2.00. The highest BCUT2D eigenvalue weighted by Crippen LogP contribution is 2.14.